The smallest absolute Gasteiger partial charge is 0.254 e. The molecule has 4 rings (SSSR count). The topological polar surface area (TPSA) is 42.4 Å². The molecule has 4 heteroatoms. The minimum absolute atomic E-state index is 0.0940. The van der Waals surface area contributed by atoms with E-state index in [2.05, 4.69) is 37.0 Å². The van der Waals surface area contributed by atoms with Crippen LogP contribution in [0.15, 0.2) is 60.8 Å². The quantitative estimate of drug-likeness (QED) is 0.659. The second-order valence-electron chi connectivity index (χ2n) is 7.81. The maximum atomic E-state index is 13.1. The number of fused-ring (bicyclic) bond motifs is 1. The minimum atomic E-state index is 0.0940. The van der Waals surface area contributed by atoms with E-state index in [-0.39, 0.29) is 11.9 Å². The number of hydrogen-bond acceptors (Lipinski definition) is 3. The average molecular weight is 374 g/mol. The van der Waals surface area contributed by atoms with Gasteiger partial charge in [0.1, 0.15) is 0 Å². The van der Waals surface area contributed by atoms with Crippen molar-refractivity contribution in [3.05, 3.63) is 66.4 Å². The summed E-state index contributed by atoms with van der Waals surface area (Å²) in [6, 6.07) is 18.3. The third kappa shape index (κ3) is 3.78. The van der Waals surface area contributed by atoms with Gasteiger partial charge < -0.3 is 9.64 Å². The monoisotopic (exact) mass is 374 g/mol. The maximum Gasteiger partial charge on any atom is 0.254 e. The lowest BCUT2D eigenvalue weighted by molar-refractivity contribution is -0.00746. The number of benzene rings is 2. The van der Waals surface area contributed by atoms with Crippen molar-refractivity contribution in [2.75, 3.05) is 19.8 Å². The van der Waals surface area contributed by atoms with Crippen LogP contribution in [0.2, 0.25) is 0 Å². The van der Waals surface area contributed by atoms with E-state index >= 15 is 0 Å². The Kier molecular flexibility index (Phi) is 5.40. The van der Waals surface area contributed by atoms with E-state index < -0.39 is 0 Å². The second kappa shape index (κ2) is 8.11. The summed E-state index contributed by atoms with van der Waals surface area (Å²) in [5, 5.41) is 1.12. The lowest BCUT2D eigenvalue weighted by atomic mass is 9.99. The van der Waals surface area contributed by atoms with Crippen molar-refractivity contribution in [3.8, 4) is 11.1 Å². The predicted molar refractivity (Wildman–Crippen MR) is 112 cm³/mol. The fraction of sp³-hybridized carbons (Fsp3) is 0.333. The van der Waals surface area contributed by atoms with Gasteiger partial charge in [0.15, 0.2) is 0 Å². The van der Waals surface area contributed by atoms with Crippen molar-refractivity contribution in [3.63, 3.8) is 0 Å². The molecule has 1 aliphatic heterocycles. The number of para-hydroxylation sites is 1. The largest absolute Gasteiger partial charge is 0.377 e. The van der Waals surface area contributed by atoms with Gasteiger partial charge in [-0.05, 0) is 36.1 Å². The highest BCUT2D eigenvalue weighted by atomic mass is 16.5. The molecule has 0 N–H and O–H groups in total. The van der Waals surface area contributed by atoms with Gasteiger partial charge in [-0.3, -0.25) is 9.78 Å². The van der Waals surface area contributed by atoms with Crippen LogP contribution in [0.3, 0.4) is 0 Å². The molecule has 0 radical (unpaired) electrons. The second-order valence-corrected chi connectivity index (χ2v) is 7.81. The van der Waals surface area contributed by atoms with Crippen molar-refractivity contribution in [2.24, 2.45) is 5.92 Å². The summed E-state index contributed by atoms with van der Waals surface area (Å²) in [5.74, 6) is 0.625. The molecule has 0 bridgehead atoms. The van der Waals surface area contributed by atoms with Gasteiger partial charge in [-0.15, -0.1) is 0 Å². The van der Waals surface area contributed by atoms with Gasteiger partial charge >= 0.3 is 0 Å². The first-order valence-electron chi connectivity index (χ1n) is 9.96. The molecular weight excluding hydrogens is 348 g/mol. The van der Waals surface area contributed by atoms with Crippen molar-refractivity contribution < 1.29 is 9.53 Å². The molecule has 2 heterocycles. The molecule has 144 valence electrons. The van der Waals surface area contributed by atoms with E-state index in [0.717, 1.165) is 34.0 Å². The van der Waals surface area contributed by atoms with Crippen LogP contribution in [0.4, 0.5) is 0 Å². The number of nitrogens with zero attached hydrogens (tertiary/aromatic N) is 2. The average Bonchev–Trinajstić information content (AvgIpc) is 2.73. The van der Waals surface area contributed by atoms with E-state index in [9.17, 15) is 4.79 Å². The first-order valence-corrected chi connectivity index (χ1v) is 9.96. The highest BCUT2D eigenvalue weighted by Gasteiger charge is 2.28. The molecule has 4 nitrogen and oxygen atoms in total. The molecule has 1 fully saturated rings. The molecule has 1 aromatic heterocycles. The van der Waals surface area contributed by atoms with Crippen molar-refractivity contribution in [1.29, 1.82) is 0 Å². The summed E-state index contributed by atoms with van der Waals surface area (Å²) in [4.78, 5) is 19.6. The van der Waals surface area contributed by atoms with E-state index in [1.807, 2.05) is 47.5 Å². The van der Waals surface area contributed by atoms with Crippen molar-refractivity contribution in [2.45, 2.75) is 26.3 Å². The number of pyridine rings is 1. The zero-order valence-corrected chi connectivity index (χ0v) is 16.5. The van der Waals surface area contributed by atoms with E-state index in [1.54, 1.807) is 0 Å². The summed E-state index contributed by atoms with van der Waals surface area (Å²) in [6.07, 6.45) is 2.78. The summed E-state index contributed by atoms with van der Waals surface area (Å²) >= 11 is 0. The lowest BCUT2D eigenvalue weighted by Crippen LogP contribution is -2.49. The third-order valence-corrected chi connectivity index (χ3v) is 5.31. The van der Waals surface area contributed by atoms with Crippen LogP contribution in [-0.2, 0) is 4.74 Å². The van der Waals surface area contributed by atoms with Crippen LogP contribution in [-0.4, -0.2) is 41.6 Å². The van der Waals surface area contributed by atoms with Crippen LogP contribution in [0, 0.1) is 5.92 Å². The third-order valence-electron chi connectivity index (χ3n) is 5.31. The standard InChI is InChI=1S/C24H26N2O2/c1-17(2)15-21-16-28-14-13-26(21)24(27)20-10-8-18(9-11-20)22-7-3-5-19-6-4-12-25-23(19)22/h3-12,17,21H,13-16H2,1-2H3. The summed E-state index contributed by atoms with van der Waals surface area (Å²) in [7, 11) is 0. The van der Waals surface area contributed by atoms with Crippen LogP contribution >= 0.6 is 0 Å². The number of rotatable bonds is 4. The van der Waals surface area contributed by atoms with Gasteiger partial charge in [0.25, 0.3) is 5.91 Å². The fourth-order valence-electron chi connectivity index (χ4n) is 3.96. The molecule has 1 atom stereocenters. The minimum Gasteiger partial charge on any atom is -0.377 e. The Morgan fingerprint density at radius 3 is 2.71 bits per heavy atom. The highest BCUT2D eigenvalue weighted by Crippen LogP contribution is 2.28. The van der Waals surface area contributed by atoms with Gasteiger partial charge in [-0.2, -0.15) is 0 Å². The summed E-state index contributed by atoms with van der Waals surface area (Å²) in [6.45, 7) is 6.27. The molecular formula is C24H26N2O2. The van der Waals surface area contributed by atoms with Crippen LogP contribution < -0.4 is 0 Å². The zero-order chi connectivity index (χ0) is 19.5. The van der Waals surface area contributed by atoms with Gasteiger partial charge in [-0.25, -0.2) is 0 Å². The molecule has 3 aromatic rings. The Morgan fingerprint density at radius 1 is 1.14 bits per heavy atom. The Labute approximate surface area is 166 Å². The molecule has 2 aromatic carbocycles. The van der Waals surface area contributed by atoms with Gasteiger partial charge in [0.2, 0.25) is 0 Å². The number of hydrogen-bond donors (Lipinski definition) is 0. The molecule has 0 aliphatic carbocycles. The number of ether oxygens (including phenoxy) is 1. The van der Waals surface area contributed by atoms with Gasteiger partial charge in [0.05, 0.1) is 24.8 Å². The Bertz CT molecular complexity index is 961. The van der Waals surface area contributed by atoms with Crippen LogP contribution in [0.1, 0.15) is 30.6 Å². The van der Waals surface area contributed by atoms with Gasteiger partial charge in [-0.1, -0.05) is 50.2 Å². The predicted octanol–water partition coefficient (Wildman–Crippen LogP) is 4.79. The first-order chi connectivity index (χ1) is 13.6. The Balaban J connectivity index is 1.59. The SMILES string of the molecule is CC(C)CC1COCCN1C(=O)c1ccc(-c2cccc3cccnc23)cc1. The molecule has 0 spiro atoms. The Hall–Kier alpha value is -2.72. The summed E-state index contributed by atoms with van der Waals surface area (Å²) in [5.41, 5.74) is 3.87. The zero-order valence-electron chi connectivity index (χ0n) is 16.5. The molecule has 1 unspecified atom stereocenters. The molecule has 1 amide bonds. The number of carbonyl (C=O) groups excluding carboxylic acids is 1. The van der Waals surface area contributed by atoms with Crippen LogP contribution in [0.25, 0.3) is 22.0 Å². The maximum absolute atomic E-state index is 13.1. The van der Waals surface area contributed by atoms with Gasteiger partial charge in [0, 0.05) is 29.3 Å². The Morgan fingerprint density at radius 2 is 1.93 bits per heavy atom. The molecule has 1 aliphatic rings. The highest BCUT2D eigenvalue weighted by molar-refractivity contribution is 5.97. The fourth-order valence-corrected chi connectivity index (χ4v) is 3.96. The van der Waals surface area contributed by atoms with Crippen molar-refractivity contribution in [1.82, 2.24) is 9.88 Å². The van der Waals surface area contributed by atoms with E-state index in [4.69, 9.17) is 4.74 Å². The van der Waals surface area contributed by atoms with E-state index in [0.29, 0.717) is 25.7 Å². The molecule has 0 saturated carbocycles. The molecule has 28 heavy (non-hydrogen) atoms. The molecule has 1 saturated heterocycles. The van der Waals surface area contributed by atoms with Crippen LogP contribution in [0.5, 0.6) is 0 Å². The number of amides is 1. The van der Waals surface area contributed by atoms with E-state index in [1.165, 1.54) is 0 Å². The summed E-state index contributed by atoms with van der Waals surface area (Å²) < 4.78 is 5.62. The normalized spacial score (nSPS) is 17.2. The lowest BCUT2D eigenvalue weighted by Gasteiger charge is -2.36. The van der Waals surface area contributed by atoms with Crippen molar-refractivity contribution >= 4 is 16.8 Å². The first kappa shape index (κ1) is 18.6. The number of aromatic nitrogens is 1. The number of carbonyl (C=O) groups is 1. The number of morpholine rings is 1.